The van der Waals surface area contributed by atoms with Crippen molar-refractivity contribution >= 4 is 23.6 Å². The topological polar surface area (TPSA) is 98.8 Å². The highest BCUT2D eigenvalue weighted by Gasteiger charge is 2.55. The zero-order valence-corrected chi connectivity index (χ0v) is 15.6. The van der Waals surface area contributed by atoms with E-state index < -0.39 is 23.8 Å². The van der Waals surface area contributed by atoms with E-state index in [0.29, 0.717) is 35.5 Å². The molecule has 5 rings (SSSR count). The molecule has 3 fully saturated rings. The fraction of sp³-hybridized carbons (Fsp3) is 0.500. The van der Waals surface area contributed by atoms with Gasteiger partial charge in [-0.3, -0.25) is 34.3 Å². The van der Waals surface area contributed by atoms with Crippen LogP contribution in [0.4, 0.5) is 0 Å². The minimum absolute atomic E-state index is 0.123. The van der Waals surface area contributed by atoms with Crippen LogP contribution in [0.5, 0.6) is 0 Å². The number of carbonyl (C=O) groups excluding carboxylic acids is 4. The molecule has 0 aromatic heterocycles. The van der Waals surface area contributed by atoms with Crippen molar-refractivity contribution in [1.29, 1.82) is 0 Å². The molecule has 28 heavy (non-hydrogen) atoms. The second-order valence-corrected chi connectivity index (χ2v) is 8.18. The molecule has 0 spiro atoms. The zero-order valence-electron chi connectivity index (χ0n) is 15.6. The van der Waals surface area contributed by atoms with Crippen LogP contribution in [0, 0.1) is 11.8 Å². The highest BCUT2D eigenvalue weighted by molar-refractivity contribution is 6.24. The van der Waals surface area contributed by atoms with Crippen LogP contribution in [-0.2, 0) is 16.1 Å². The summed E-state index contributed by atoms with van der Waals surface area (Å²) < 4.78 is 0. The van der Waals surface area contributed by atoms with Crippen LogP contribution in [0.15, 0.2) is 18.2 Å². The number of imide groups is 2. The van der Waals surface area contributed by atoms with Crippen molar-refractivity contribution < 1.29 is 19.2 Å². The fourth-order valence-corrected chi connectivity index (χ4v) is 5.13. The van der Waals surface area contributed by atoms with Gasteiger partial charge >= 0.3 is 0 Å². The molecule has 4 aliphatic rings. The average Bonchev–Trinajstić information content (AvgIpc) is 3.02. The maximum atomic E-state index is 13.1. The Morgan fingerprint density at radius 2 is 1.86 bits per heavy atom. The van der Waals surface area contributed by atoms with E-state index in [9.17, 15) is 19.2 Å². The van der Waals surface area contributed by atoms with Crippen molar-refractivity contribution in [3.63, 3.8) is 0 Å². The maximum absolute atomic E-state index is 13.1. The van der Waals surface area contributed by atoms with Gasteiger partial charge in [0.25, 0.3) is 11.8 Å². The summed E-state index contributed by atoms with van der Waals surface area (Å²) >= 11 is 0. The molecule has 0 bridgehead atoms. The molecular weight excluding hydrogens is 360 g/mol. The van der Waals surface area contributed by atoms with E-state index in [2.05, 4.69) is 22.6 Å². The molecule has 3 heterocycles. The Kier molecular flexibility index (Phi) is 3.89. The van der Waals surface area contributed by atoms with Gasteiger partial charge in [-0.15, -0.1) is 0 Å². The summed E-state index contributed by atoms with van der Waals surface area (Å²) in [4.78, 5) is 52.9. The van der Waals surface area contributed by atoms with E-state index in [0.717, 1.165) is 23.6 Å². The van der Waals surface area contributed by atoms with E-state index in [1.807, 2.05) is 6.07 Å². The molecule has 1 saturated carbocycles. The lowest BCUT2D eigenvalue weighted by atomic mass is 10.0. The van der Waals surface area contributed by atoms with E-state index in [1.165, 1.54) is 0 Å². The summed E-state index contributed by atoms with van der Waals surface area (Å²) in [7, 11) is 2.06. The lowest BCUT2D eigenvalue weighted by molar-refractivity contribution is -0.136. The predicted molar refractivity (Wildman–Crippen MR) is 98.2 cm³/mol. The van der Waals surface area contributed by atoms with Crippen LogP contribution in [0.3, 0.4) is 0 Å². The summed E-state index contributed by atoms with van der Waals surface area (Å²) in [5, 5.41) is 5.61. The first-order chi connectivity index (χ1) is 13.5. The third-order valence-corrected chi connectivity index (χ3v) is 6.53. The van der Waals surface area contributed by atoms with Crippen LogP contribution in [0.1, 0.15) is 39.1 Å². The number of amides is 4. The zero-order chi connectivity index (χ0) is 19.6. The number of piperidine rings is 2. The Labute approximate surface area is 162 Å². The van der Waals surface area contributed by atoms with Crippen molar-refractivity contribution in [2.45, 2.75) is 31.5 Å². The SMILES string of the molecule is CN(Cc1cccc2c1C(=O)N(C1CCC(=O)NC1=O)C2=O)C1[C@H]2CNC[C@@H]12. The molecule has 2 N–H and O–H groups in total. The number of carbonyl (C=O) groups is 4. The van der Waals surface area contributed by atoms with Crippen LogP contribution in [-0.4, -0.2) is 65.6 Å². The summed E-state index contributed by atoms with van der Waals surface area (Å²) in [6, 6.07) is 4.89. The second-order valence-electron chi connectivity index (χ2n) is 8.18. The van der Waals surface area contributed by atoms with Gasteiger partial charge in [0.05, 0.1) is 11.1 Å². The molecule has 146 valence electrons. The Hall–Kier alpha value is -2.58. The molecule has 1 aromatic carbocycles. The van der Waals surface area contributed by atoms with E-state index >= 15 is 0 Å². The number of hydrogen-bond acceptors (Lipinski definition) is 6. The Balaban J connectivity index is 1.40. The molecule has 8 nitrogen and oxygen atoms in total. The molecule has 4 atom stereocenters. The molecule has 0 radical (unpaired) electrons. The fourth-order valence-electron chi connectivity index (χ4n) is 5.13. The highest BCUT2D eigenvalue weighted by atomic mass is 16.2. The summed E-state index contributed by atoms with van der Waals surface area (Å²) in [5.41, 5.74) is 1.55. The van der Waals surface area contributed by atoms with Crippen LogP contribution < -0.4 is 10.6 Å². The van der Waals surface area contributed by atoms with Crippen molar-refractivity contribution in [2.75, 3.05) is 20.1 Å². The van der Waals surface area contributed by atoms with E-state index in [-0.39, 0.29) is 18.7 Å². The first-order valence-corrected chi connectivity index (χ1v) is 9.72. The predicted octanol–water partition coefficient (Wildman–Crippen LogP) is -0.263. The monoisotopic (exact) mass is 382 g/mol. The van der Waals surface area contributed by atoms with Gasteiger partial charge in [-0.05, 0) is 50.0 Å². The third kappa shape index (κ3) is 2.51. The summed E-state index contributed by atoms with van der Waals surface area (Å²) in [5.74, 6) is -0.506. The normalized spacial score (nSPS) is 31.3. The molecular formula is C20H22N4O4. The molecule has 2 unspecified atom stereocenters. The first kappa shape index (κ1) is 17.5. The Morgan fingerprint density at radius 3 is 2.57 bits per heavy atom. The smallest absolute Gasteiger partial charge is 0.262 e. The Bertz CT molecular complexity index is 903. The van der Waals surface area contributed by atoms with Gasteiger partial charge in [0.2, 0.25) is 11.8 Å². The number of hydrogen-bond donors (Lipinski definition) is 2. The molecule has 1 aromatic rings. The van der Waals surface area contributed by atoms with Crippen LogP contribution >= 0.6 is 0 Å². The van der Waals surface area contributed by atoms with Gasteiger partial charge in [0.15, 0.2) is 0 Å². The number of rotatable bonds is 4. The molecule has 8 heteroatoms. The largest absolute Gasteiger partial charge is 0.316 e. The van der Waals surface area contributed by atoms with E-state index in [4.69, 9.17) is 0 Å². The second kappa shape index (κ2) is 6.22. The van der Waals surface area contributed by atoms with Crippen LogP contribution in [0.25, 0.3) is 0 Å². The van der Waals surface area contributed by atoms with Gasteiger partial charge in [-0.2, -0.15) is 0 Å². The van der Waals surface area contributed by atoms with E-state index in [1.54, 1.807) is 12.1 Å². The molecule has 1 aliphatic carbocycles. The minimum Gasteiger partial charge on any atom is -0.316 e. The standard InChI is InChI=1S/C20H22N4O4/c1-23(17-12-7-21-8-13(12)17)9-10-3-2-4-11-16(10)20(28)24(19(11)27)14-5-6-15(25)22-18(14)26/h2-4,12-14,17,21H,5-9H2,1H3,(H,22,25,26)/t12-,13+,14?,17?. The highest BCUT2D eigenvalue weighted by Crippen LogP contribution is 2.45. The van der Waals surface area contributed by atoms with Gasteiger partial charge in [-0.1, -0.05) is 12.1 Å². The summed E-state index contributed by atoms with van der Waals surface area (Å²) in [6.45, 7) is 2.66. The lowest BCUT2D eigenvalue weighted by Gasteiger charge is -2.28. The van der Waals surface area contributed by atoms with Crippen molar-refractivity contribution in [3.05, 3.63) is 34.9 Å². The number of fused-ring (bicyclic) bond motifs is 2. The van der Waals surface area contributed by atoms with Crippen LogP contribution in [0.2, 0.25) is 0 Å². The molecule has 4 amide bonds. The molecule has 3 aliphatic heterocycles. The van der Waals surface area contributed by atoms with Gasteiger partial charge < -0.3 is 5.32 Å². The average molecular weight is 382 g/mol. The quantitative estimate of drug-likeness (QED) is 0.696. The number of nitrogens with zero attached hydrogens (tertiary/aromatic N) is 2. The summed E-state index contributed by atoms with van der Waals surface area (Å²) in [6.07, 6.45) is 0.293. The van der Waals surface area contributed by atoms with Crippen molar-refractivity contribution in [3.8, 4) is 0 Å². The maximum Gasteiger partial charge on any atom is 0.262 e. The minimum atomic E-state index is -0.926. The molecule has 2 saturated heterocycles. The Morgan fingerprint density at radius 1 is 1.11 bits per heavy atom. The van der Waals surface area contributed by atoms with Crippen molar-refractivity contribution in [1.82, 2.24) is 20.4 Å². The lowest BCUT2D eigenvalue weighted by Crippen LogP contribution is -2.54. The van der Waals surface area contributed by atoms with Crippen molar-refractivity contribution in [2.24, 2.45) is 11.8 Å². The third-order valence-electron chi connectivity index (χ3n) is 6.53. The first-order valence-electron chi connectivity index (χ1n) is 9.72. The number of nitrogens with one attached hydrogen (secondary N) is 2. The van der Waals surface area contributed by atoms with Gasteiger partial charge in [0.1, 0.15) is 6.04 Å². The number of benzene rings is 1. The van der Waals surface area contributed by atoms with Gasteiger partial charge in [0, 0.05) is 19.0 Å². The van der Waals surface area contributed by atoms with Gasteiger partial charge in [-0.25, -0.2) is 0 Å².